The molecule has 156 valence electrons. The zero-order chi connectivity index (χ0) is 21.8. The number of hydrogen-bond acceptors (Lipinski definition) is 3. The van der Waals surface area contributed by atoms with E-state index in [2.05, 4.69) is 5.32 Å². The van der Waals surface area contributed by atoms with Gasteiger partial charge in [-0.25, -0.2) is 8.42 Å². The highest BCUT2D eigenvalue weighted by Crippen LogP contribution is 2.24. The average molecular weight is 431 g/mol. The molecule has 0 saturated heterocycles. The van der Waals surface area contributed by atoms with Crippen molar-refractivity contribution in [3.8, 4) is 0 Å². The summed E-state index contributed by atoms with van der Waals surface area (Å²) in [7, 11) is -2.03. The highest BCUT2D eigenvalue weighted by molar-refractivity contribution is 7.89. The van der Waals surface area contributed by atoms with Gasteiger partial charge in [-0.05, 0) is 41.3 Å². The van der Waals surface area contributed by atoms with Crippen LogP contribution < -0.4 is 5.32 Å². The van der Waals surface area contributed by atoms with Gasteiger partial charge in [-0.1, -0.05) is 66.7 Å². The van der Waals surface area contributed by atoms with Crippen LogP contribution in [0.25, 0.3) is 10.8 Å². The highest BCUT2D eigenvalue weighted by Gasteiger charge is 2.20. The lowest BCUT2D eigenvalue weighted by molar-refractivity contribution is 0.102. The second-order valence-electron chi connectivity index (χ2n) is 7.25. The Labute approximate surface area is 182 Å². The van der Waals surface area contributed by atoms with Crippen LogP contribution >= 0.6 is 0 Å². The van der Waals surface area contributed by atoms with E-state index in [0.717, 1.165) is 22.0 Å². The summed E-state index contributed by atoms with van der Waals surface area (Å²) in [5, 5.41) is 4.99. The third kappa shape index (κ3) is 4.50. The van der Waals surface area contributed by atoms with E-state index in [1.54, 1.807) is 61.6 Å². The summed E-state index contributed by atoms with van der Waals surface area (Å²) >= 11 is 0. The quantitative estimate of drug-likeness (QED) is 0.472. The van der Waals surface area contributed by atoms with Gasteiger partial charge in [0.2, 0.25) is 10.0 Å². The normalized spacial score (nSPS) is 11.5. The van der Waals surface area contributed by atoms with Crippen LogP contribution in [0.1, 0.15) is 15.9 Å². The lowest BCUT2D eigenvalue weighted by Crippen LogP contribution is -2.26. The maximum Gasteiger partial charge on any atom is 0.255 e. The Morgan fingerprint density at radius 3 is 2.19 bits per heavy atom. The largest absolute Gasteiger partial charge is 0.321 e. The zero-order valence-corrected chi connectivity index (χ0v) is 17.8. The molecule has 0 atom stereocenters. The summed E-state index contributed by atoms with van der Waals surface area (Å²) in [5.41, 5.74) is 2.05. The Morgan fingerprint density at radius 1 is 0.806 bits per heavy atom. The Bertz CT molecular complexity index is 1310. The first-order chi connectivity index (χ1) is 14.9. The summed E-state index contributed by atoms with van der Waals surface area (Å²) < 4.78 is 26.7. The summed E-state index contributed by atoms with van der Waals surface area (Å²) in [5.74, 6) is -0.215. The summed E-state index contributed by atoms with van der Waals surface area (Å²) in [4.78, 5) is 13.0. The van der Waals surface area contributed by atoms with Crippen LogP contribution in [0, 0.1) is 0 Å². The molecule has 5 nitrogen and oxygen atoms in total. The fourth-order valence-corrected chi connectivity index (χ4v) is 4.58. The van der Waals surface area contributed by atoms with Gasteiger partial charge in [-0.2, -0.15) is 4.31 Å². The number of amides is 1. The monoisotopic (exact) mass is 430 g/mol. The number of benzene rings is 4. The number of carbonyl (C=O) groups is 1. The number of nitrogens with zero attached hydrogens (tertiary/aromatic N) is 1. The lowest BCUT2D eigenvalue weighted by atomic mass is 10.1. The van der Waals surface area contributed by atoms with E-state index < -0.39 is 10.0 Å². The molecule has 0 bridgehead atoms. The first-order valence-corrected chi connectivity index (χ1v) is 11.3. The fraction of sp³-hybridized carbons (Fsp3) is 0.0800. The Balaban J connectivity index is 1.47. The first-order valence-electron chi connectivity index (χ1n) is 9.84. The number of rotatable bonds is 6. The number of sulfonamides is 1. The molecule has 0 aliphatic heterocycles. The van der Waals surface area contributed by atoms with Crippen molar-refractivity contribution in [3.05, 3.63) is 108 Å². The molecular weight excluding hydrogens is 408 g/mol. The smallest absolute Gasteiger partial charge is 0.255 e. The minimum atomic E-state index is -3.57. The van der Waals surface area contributed by atoms with Gasteiger partial charge in [-0.3, -0.25) is 4.79 Å². The molecule has 4 aromatic rings. The van der Waals surface area contributed by atoms with E-state index in [9.17, 15) is 13.2 Å². The number of anilines is 1. The van der Waals surface area contributed by atoms with Crippen molar-refractivity contribution in [2.75, 3.05) is 12.4 Å². The fourth-order valence-electron chi connectivity index (χ4n) is 3.40. The molecular formula is C25H22N2O3S. The molecule has 31 heavy (non-hydrogen) atoms. The van der Waals surface area contributed by atoms with Crippen LogP contribution in [0.15, 0.2) is 102 Å². The number of fused-ring (bicyclic) bond motifs is 1. The molecule has 6 heteroatoms. The van der Waals surface area contributed by atoms with Crippen LogP contribution in [0.2, 0.25) is 0 Å². The van der Waals surface area contributed by atoms with Gasteiger partial charge >= 0.3 is 0 Å². The number of nitrogens with one attached hydrogen (secondary N) is 1. The minimum Gasteiger partial charge on any atom is -0.321 e. The standard InChI is InChI=1S/C25H22N2O3S/c1-27(31(29,30)22-10-3-2-4-11-22)18-19-14-16-21(17-15-19)25(28)26-24-13-7-9-20-8-5-6-12-23(20)24/h2-17H,18H2,1H3,(H,26,28). The molecule has 1 amide bonds. The van der Waals surface area contributed by atoms with Crippen molar-refractivity contribution < 1.29 is 13.2 Å². The second kappa shape index (κ2) is 8.71. The van der Waals surface area contributed by atoms with Gasteiger partial charge in [0, 0.05) is 30.2 Å². The first kappa shape index (κ1) is 20.8. The molecule has 0 heterocycles. The predicted octanol–water partition coefficient (Wildman–Crippen LogP) is 4.91. The van der Waals surface area contributed by atoms with E-state index in [0.29, 0.717) is 5.56 Å². The average Bonchev–Trinajstić information content (AvgIpc) is 2.80. The van der Waals surface area contributed by atoms with Crippen LogP contribution in [-0.4, -0.2) is 25.7 Å². The van der Waals surface area contributed by atoms with Gasteiger partial charge in [0.15, 0.2) is 0 Å². The van der Waals surface area contributed by atoms with Crippen molar-refractivity contribution in [3.63, 3.8) is 0 Å². The molecule has 0 aromatic heterocycles. The van der Waals surface area contributed by atoms with E-state index in [1.165, 1.54) is 4.31 Å². The van der Waals surface area contributed by atoms with Gasteiger partial charge < -0.3 is 5.32 Å². The Hall–Kier alpha value is -3.48. The van der Waals surface area contributed by atoms with Gasteiger partial charge in [-0.15, -0.1) is 0 Å². The lowest BCUT2D eigenvalue weighted by Gasteiger charge is -2.17. The Morgan fingerprint density at radius 2 is 1.45 bits per heavy atom. The van der Waals surface area contributed by atoms with E-state index in [1.807, 2.05) is 42.5 Å². The predicted molar refractivity (Wildman–Crippen MR) is 123 cm³/mol. The van der Waals surface area contributed by atoms with Crippen molar-refractivity contribution in [2.24, 2.45) is 0 Å². The van der Waals surface area contributed by atoms with Crippen LogP contribution in [0.5, 0.6) is 0 Å². The maximum atomic E-state index is 12.7. The summed E-state index contributed by atoms with van der Waals surface area (Å²) in [6, 6.07) is 28.9. The zero-order valence-electron chi connectivity index (χ0n) is 17.0. The molecule has 1 N–H and O–H groups in total. The molecule has 0 aliphatic carbocycles. The molecule has 4 aromatic carbocycles. The molecule has 0 saturated carbocycles. The molecule has 0 fully saturated rings. The van der Waals surface area contributed by atoms with Crippen molar-refractivity contribution >= 4 is 32.4 Å². The van der Waals surface area contributed by atoms with Crippen LogP contribution in [0.4, 0.5) is 5.69 Å². The topological polar surface area (TPSA) is 66.5 Å². The maximum absolute atomic E-state index is 12.7. The van der Waals surface area contributed by atoms with E-state index in [4.69, 9.17) is 0 Å². The van der Waals surface area contributed by atoms with E-state index >= 15 is 0 Å². The third-order valence-corrected chi connectivity index (χ3v) is 6.93. The molecule has 0 unspecified atom stereocenters. The number of carbonyl (C=O) groups excluding carboxylic acids is 1. The molecule has 0 aliphatic rings. The van der Waals surface area contributed by atoms with Gasteiger partial charge in [0.25, 0.3) is 5.91 Å². The summed E-state index contributed by atoms with van der Waals surface area (Å²) in [6.07, 6.45) is 0. The summed E-state index contributed by atoms with van der Waals surface area (Å²) in [6.45, 7) is 0.211. The molecule has 0 spiro atoms. The van der Waals surface area contributed by atoms with Crippen LogP contribution in [0.3, 0.4) is 0 Å². The van der Waals surface area contributed by atoms with Crippen molar-refractivity contribution in [1.82, 2.24) is 4.31 Å². The SMILES string of the molecule is CN(Cc1ccc(C(=O)Nc2cccc3ccccc23)cc1)S(=O)(=O)c1ccccc1. The third-order valence-electron chi connectivity index (χ3n) is 5.11. The van der Waals surface area contributed by atoms with Gasteiger partial charge in [0.05, 0.1) is 4.90 Å². The van der Waals surface area contributed by atoms with Gasteiger partial charge in [0.1, 0.15) is 0 Å². The molecule has 4 rings (SSSR count). The minimum absolute atomic E-state index is 0.211. The number of hydrogen-bond donors (Lipinski definition) is 1. The van der Waals surface area contributed by atoms with Crippen molar-refractivity contribution in [2.45, 2.75) is 11.4 Å². The van der Waals surface area contributed by atoms with E-state index in [-0.39, 0.29) is 17.3 Å². The Kier molecular flexibility index (Phi) is 5.84. The van der Waals surface area contributed by atoms with Crippen molar-refractivity contribution in [1.29, 1.82) is 0 Å². The molecule has 0 radical (unpaired) electrons. The van der Waals surface area contributed by atoms with Crippen LogP contribution in [-0.2, 0) is 16.6 Å². The highest BCUT2D eigenvalue weighted by atomic mass is 32.2. The second-order valence-corrected chi connectivity index (χ2v) is 9.30.